The Balaban J connectivity index is 2.08. The van der Waals surface area contributed by atoms with Gasteiger partial charge in [0.25, 0.3) is 0 Å². The van der Waals surface area contributed by atoms with Crippen molar-refractivity contribution in [1.29, 1.82) is 0 Å². The lowest BCUT2D eigenvalue weighted by atomic mass is 9.94. The van der Waals surface area contributed by atoms with Crippen molar-refractivity contribution in [3.63, 3.8) is 0 Å². The number of rotatable bonds is 1. The van der Waals surface area contributed by atoms with Gasteiger partial charge in [-0.2, -0.15) is 0 Å². The number of hydrogen-bond acceptors (Lipinski definition) is 3. The number of anilines is 1. The molecule has 0 saturated heterocycles. The van der Waals surface area contributed by atoms with Crippen LogP contribution in [0.4, 0.5) is 5.69 Å². The zero-order valence-corrected chi connectivity index (χ0v) is 10.6. The number of fused-ring (bicyclic) bond motifs is 1. The van der Waals surface area contributed by atoms with E-state index in [1.54, 1.807) is 0 Å². The molecule has 0 bridgehead atoms. The largest absolute Gasteiger partial charge is 0.398 e. The quantitative estimate of drug-likeness (QED) is 0.777. The first-order chi connectivity index (χ1) is 8.74. The van der Waals surface area contributed by atoms with Gasteiger partial charge in [0.15, 0.2) is 0 Å². The van der Waals surface area contributed by atoms with E-state index in [0.29, 0.717) is 0 Å². The first kappa shape index (κ1) is 11.2. The molecule has 2 aromatic rings. The third-order valence-corrected chi connectivity index (χ3v) is 3.52. The Morgan fingerprint density at radius 3 is 2.94 bits per heavy atom. The van der Waals surface area contributed by atoms with Crippen LogP contribution >= 0.6 is 0 Å². The average molecular weight is 239 g/mol. The second kappa shape index (κ2) is 4.42. The van der Waals surface area contributed by atoms with E-state index >= 15 is 0 Å². The molecule has 18 heavy (non-hydrogen) atoms. The zero-order valence-electron chi connectivity index (χ0n) is 10.6. The summed E-state index contributed by atoms with van der Waals surface area (Å²) in [5.41, 5.74) is 11.8. The minimum atomic E-state index is 0.904. The molecule has 1 aromatic carbocycles. The first-order valence-electron chi connectivity index (χ1n) is 6.25. The van der Waals surface area contributed by atoms with E-state index < -0.39 is 0 Å². The van der Waals surface area contributed by atoms with Crippen LogP contribution in [0, 0.1) is 0 Å². The standard InChI is InChI=1S/C15H17N3/c1-18-7-5-13-12(10-18)8-11(9-14(13)16)15-4-2-3-6-17-15/h2-4,6,8-9H,5,7,10,16H2,1H3. The van der Waals surface area contributed by atoms with Crippen LogP contribution in [0.3, 0.4) is 0 Å². The van der Waals surface area contributed by atoms with Crippen molar-refractivity contribution in [2.24, 2.45) is 0 Å². The van der Waals surface area contributed by atoms with Gasteiger partial charge in [0.2, 0.25) is 0 Å². The molecular formula is C15H17N3. The van der Waals surface area contributed by atoms with Crippen LogP contribution in [0.25, 0.3) is 11.3 Å². The molecule has 0 fully saturated rings. The Kier molecular flexibility index (Phi) is 2.76. The molecular weight excluding hydrogens is 222 g/mol. The van der Waals surface area contributed by atoms with E-state index in [4.69, 9.17) is 5.73 Å². The highest BCUT2D eigenvalue weighted by Crippen LogP contribution is 2.29. The fourth-order valence-corrected chi connectivity index (χ4v) is 2.56. The van der Waals surface area contributed by atoms with Crippen LogP contribution in [-0.4, -0.2) is 23.5 Å². The minimum Gasteiger partial charge on any atom is -0.398 e. The first-order valence-corrected chi connectivity index (χ1v) is 6.25. The Morgan fingerprint density at radius 1 is 1.28 bits per heavy atom. The summed E-state index contributed by atoms with van der Waals surface area (Å²) in [6.45, 7) is 2.06. The normalized spacial score (nSPS) is 15.4. The summed E-state index contributed by atoms with van der Waals surface area (Å²) in [6, 6.07) is 10.2. The summed E-state index contributed by atoms with van der Waals surface area (Å²) in [6.07, 6.45) is 2.86. The second-order valence-electron chi connectivity index (χ2n) is 4.91. The van der Waals surface area contributed by atoms with Crippen LogP contribution < -0.4 is 5.73 Å². The molecule has 2 N–H and O–H groups in total. The Hall–Kier alpha value is -1.87. The molecule has 0 radical (unpaired) electrons. The zero-order chi connectivity index (χ0) is 12.5. The molecule has 1 aromatic heterocycles. The number of pyridine rings is 1. The average Bonchev–Trinajstić information content (AvgIpc) is 2.39. The van der Waals surface area contributed by atoms with E-state index in [9.17, 15) is 0 Å². The summed E-state index contributed by atoms with van der Waals surface area (Å²) >= 11 is 0. The van der Waals surface area contributed by atoms with Gasteiger partial charge in [-0.3, -0.25) is 4.98 Å². The number of benzene rings is 1. The maximum absolute atomic E-state index is 6.18. The number of hydrogen-bond donors (Lipinski definition) is 1. The minimum absolute atomic E-state index is 0.904. The van der Waals surface area contributed by atoms with Gasteiger partial charge in [0, 0.05) is 30.5 Å². The lowest BCUT2D eigenvalue weighted by molar-refractivity contribution is 0.313. The monoisotopic (exact) mass is 239 g/mol. The summed E-state index contributed by atoms with van der Waals surface area (Å²) < 4.78 is 0. The van der Waals surface area contributed by atoms with Gasteiger partial charge in [0.1, 0.15) is 0 Å². The topological polar surface area (TPSA) is 42.1 Å². The smallest absolute Gasteiger partial charge is 0.0702 e. The molecule has 0 atom stereocenters. The van der Waals surface area contributed by atoms with Gasteiger partial charge >= 0.3 is 0 Å². The molecule has 1 aliphatic rings. The molecule has 92 valence electrons. The van der Waals surface area contributed by atoms with E-state index in [1.807, 2.05) is 30.5 Å². The van der Waals surface area contributed by atoms with Gasteiger partial charge in [0.05, 0.1) is 5.69 Å². The van der Waals surface area contributed by atoms with Crippen molar-refractivity contribution in [1.82, 2.24) is 9.88 Å². The molecule has 0 spiro atoms. The summed E-state index contributed by atoms with van der Waals surface area (Å²) in [7, 11) is 2.15. The van der Waals surface area contributed by atoms with Gasteiger partial charge in [-0.1, -0.05) is 6.07 Å². The molecule has 3 heteroatoms. The van der Waals surface area contributed by atoms with Crippen molar-refractivity contribution in [2.75, 3.05) is 19.3 Å². The molecule has 2 heterocycles. The van der Waals surface area contributed by atoms with E-state index in [2.05, 4.69) is 23.0 Å². The highest BCUT2D eigenvalue weighted by atomic mass is 15.1. The van der Waals surface area contributed by atoms with Crippen LogP contribution in [0.5, 0.6) is 0 Å². The molecule has 0 aliphatic carbocycles. The molecule has 0 saturated carbocycles. The van der Waals surface area contributed by atoms with Crippen molar-refractivity contribution in [2.45, 2.75) is 13.0 Å². The molecule has 1 aliphatic heterocycles. The summed E-state index contributed by atoms with van der Waals surface area (Å²) in [4.78, 5) is 6.71. The molecule has 0 unspecified atom stereocenters. The lowest BCUT2D eigenvalue weighted by Gasteiger charge is -2.26. The number of nitrogens with two attached hydrogens (primary N) is 1. The van der Waals surface area contributed by atoms with Gasteiger partial charge in [-0.25, -0.2) is 0 Å². The van der Waals surface area contributed by atoms with Crippen LogP contribution in [0.2, 0.25) is 0 Å². The lowest BCUT2D eigenvalue weighted by Crippen LogP contribution is -2.27. The van der Waals surface area contributed by atoms with Crippen LogP contribution in [0.15, 0.2) is 36.5 Å². The third-order valence-electron chi connectivity index (χ3n) is 3.52. The molecule has 3 rings (SSSR count). The fourth-order valence-electron chi connectivity index (χ4n) is 2.56. The predicted octanol–water partition coefficient (Wildman–Crippen LogP) is 2.32. The third kappa shape index (κ3) is 1.97. The highest BCUT2D eigenvalue weighted by Gasteiger charge is 2.16. The Labute approximate surface area is 107 Å². The van der Waals surface area contributed by atoms with E-state index in [1.165, 1.54) is 11.1 Å². The van der Waals surface area contributed by atoms with Gasteiger partial charge in [-0.05, 0) is 48.9 Å². The SMILES string of the molecule is CN1CCc2c(N)cc(-c3ccccn3)cc2C1. The number of aromatic nitrogens is 1. The van der Waals surface area contributed by atoms with Crippen molar-refractivity contribution < 1.29 is 0 Å². The maximum Gasteiger partial charge on any atom is 0.0702 e. The maximum atomic E-state index is 6.18. The summed E-state index contributed by atoms with van der Waals surface area (Å²) in [5.74, 6) is 0. The van der Waals surface area contributed by atoms with Crippen molar-refractivity contribution in [3.8, 4) is 11.3 Å². The van der Waals surface area contributed by atoms with E-state index in [0.717, 1.165) is 36.5 Å². The summed E-state index contributed by atoms with van der Waals surface area (Å²) in [5, 5.41) is 0. The van der Waals surface area contributed by atoms with Crippen molar-refractivity contribution >= 4 is 5.69 Å². The van der Waals surface area contributed by atoms with Gasteiger partial charge < -0.3 is 10.6 Å². The van der Waals surface area contributed by atoms with Crippen molar-refractivity contribution in [3.05, 3.63) is 47.7 Å². The van der Waals surface area contributed by atoms with Crippen LogP contribution in [0.1, 0.15) is 11.1 Å². The van der Waals surface area contributed by atoms with Gasteiger partial charge in [-0.15, -0.1) is 0 Å². The number of nitrogens with zero attached hydrogens (tertiary/aromatic N) is 2. The fraction of sp³-hybridized carbons (Fsp3) is 0.267. The number of nitrogen functional groups attached to an aromatic ring is 1. The molecule has 3 nitrogen and oxygen atoms in total. The Bertz CT molecular complexity index is 563. The Morgan fingerprint density at radius 2 is 2.17 bits per heavy atom. The van der Waals surface area contributed by atoms with Crippen LogP contribution in [-0.2, 0) is 13.0 Å². The van der Waals surface area contributed by atoms with E-state index in [-0.39, 0.29) is 0 Å². The predicted molar refractivity (Wildman–Crippen MR) is 74.1 cm³/mol. The molecule has 0 amide bonds. The second-order valence-corrected chi connectivity index (χ2v) is 4.91. The highest BCUT2D eigenvalue weighted by molar-refractivity contribution is 5.68. The number of likely N-dealkylation sites (N-methyl/N-ethyl adjacent to an activating group) is 1.